The number of rotatable bonds is 7. The maximum Gasteiger partial charge on any atom is 0.250 e. The molecule has 0 radical (unpaired) electrons. The molecule has 1 amide bonds. The van der Waals surface area contributed by atoms with Gasteiger partial charge in [0.25, 0.3) is 5.91 Å². The van der Waals surface area contributed by atoms with E-state index in [2.05, 4.69) is 12.2 Å². The maximum atomic E-state index is 11.5. The third kappa shape index (κ3) is 9.65. The van der Waals surface area contributed by atoms with Crippen molar-refractivity contribution in [1.29, 1.82) is 0 Å². The van der Waals surface area contributed by atoms with Crippen molar-refractivity contribution in [3.05, 3.63) is 0 Å². The third-order valence-electron chi connectivity index (χ3n) is 2.41. The highest BCUT2D eigenvalue weighted by molar-refractivity contribution is 5.85. The van der Waals surface area contributed by atoms with Crippen LogP contribution in [0.3, 0.4) is 0 Å². The predicted octanol–water partition coefficient (Wildman–Crippen LogP) is 1.62. The van der Waals surface area contributed by atoms with E-state index in [0.29, 0.717) is 6.42 Å². The number of carbonyl (C=O) groups excluding carboxylic acids is 1. The lowest BCUT2D eigenvalue weighted by Crippen LogP contribution is -2.48. The molecule has 0 aromatic carbocycles. The molecule has 0 saturated heterocycles. The smallest absolute Gasteiger partial charge is 0.250 e. The summed E-state index contributed by atoms with van der Waals surface area (Å²) in [6.07, 6.45) is 2.39. The second-order valence-electron chi connectivity index (χ2n) is 4.10. The molecule has 0 bridgehead atoms. The summed E-state index contributed by atoms with van der Waals surface area (Å²) in [5.41, 5.74) is 5.67. The average Bonchev–Trinajstić information content (AvgIpc) is 2.17. The van der Waals surface area contributed by atoms with Crippen molar-refractivity contribution >= 4 is 30.7 Å². The Morgan fingerprint density at radius 1 is 1.24 bits per heavy atom. The van der Waals surface area contributed by atoms with E-state index in [0.717, 1.165) is 19.3 Å². The number of amides is 1. The van der Waals surface area contributed by atoms with Gasteiger partial charge in [-0.25, -0.2) is 0 Å². The largest absolute Gasteiger partial charge is 0.382 e. The summed E-state index contributed by atoms with van der Waals surface area (Å²) in [7, 11) is 0. The molecular formula is C11H26Cl2N2O2. The molecule has 6 heteroatoms. The zero-order valence-corrected chi connectivity index (χ0v) is 12.4. The Kier molecular flexibility index (Phi) is 16.2. The fourth-order valence-electron chi connectivity index (χ4n) is 1.52. The van der Waals surface area contributed by atoms with Gasteiger partial charge in [-0.2, -0.15) is 0 Å². The molecule has 0 saturated carbocycles. The van der Waals surface area contributed by atoms with Crippen molar-refractivity contribution in [2.75, 3.05) is 0 Å². The summed E-state index contributed by atoms with van der Waals surface area (Å²) in [6, 6.07) is -0.352. The second-order valence-corrected chi connectivity index (χ2v) is 4.10. The van der Waals surface area contributed by atoms with Crippen LogP contribution < -0.4 is 11.1 Å². The first-order valence-electron chi connectivity index (χ1n) is 5.76. The molecule has 0 heterocycles. The minimum Gasteiger partial charge on any atom is -0.382 e. The van der Waals surface area contributed by atoms with E-state index in [1.165, 1.54) is 0 Å². The zero-order valence-electron chi connectivity index (χ0n) is 10.8. The lowest BCUT2D eigenvalue weighted by Gasteiger charge is -2.20. The van der Waals surface area contributed by atoms with Crippen molar-refractivity contribution < 1.29 is 9.90 Å². The van der Waals surface area contributed by atoms with Crippen LogP contribution in [0.1, 0.15) is 46.5 Å². The maximum absolute atomic E-state index is 11.5. The Morgan fingerprint density at radius 3 is 2.12 bits per heavy atom. The van der Waals surface area contributed by atoms with Gasteiger partial charge in [0.2, 0.25) is 0 Å². The zero-order chi connectivity index (χ0) is 11.8. The summed E-state index contributed by atoms with van der Waals surface area (Å²) >= 11 is 0. The van der Waals surface area contributed by atoms with E-state index < -0.39 is 12.1 Å². The average molecular weight is 289 g/mol. The standard InChI is InChI=1S/C11H24N2O2.2ClH/c1-4-6-8(3)13-11(15)10(14)9(12)7-5-2;;/h8-10,14H,4-7,12H2,1-3H3,(H,13,15);2*1H/t8?,9-,10-;;/m0../s1. The number of halogens is 2. The van der Waals surface area contributed by atoms with Gasteiger partial charge in [-0.05, 0) is 19.8 Å². The molecule has 4 nitrogen and oxygen atoms in total. The van der Waals surface area contributed by atoms with Crippen LogP contribution in [-0.4, -0.2) is 29.2 Å². The normalized spacial score (nSPS) is 14.9. The first-order chi connectivity index (χ1) is 7.02. The summed E-state index contributed by atoms with van der Waals surface area (Å²) in [5, 5.41) is 12.3. The van der Waals surface area contributed by atoms with E-state index in [1.807, 2.05) is 13.8 Å². The molecule has 3 atom stereocenters. The van der Waals surface area contributed by atoms with Crippen LogP contribution in [-0.2, 0) is 4.79 Å². The van der Waals surface area contributed by atoms with Crippen molar-refractivity contribution in [2.45, 2.75) is 64.6 Å². The molecule has 106 valence electrons. The number of nitrogens with one attached hydrogen (secondary N) is 1. The predicted molar refractivity (Wildman–Crippen MR) is 75.9 cm³/mol. The first kappa shape index (κ1) is 22.2. The van der Waals surface area contributed by atoms with E-state index in [9.17, 15) is 9.90 Å². The molecule has 0 fully saturated rings. The molecule has 0 aliphatic carbocycles. The molecule has 1 unspecified atom stereocenters. The van der Waals surface area contributed by atoms with Gasteiger partial charge in [0.15, 0.2) is 0 Å². The Hall–Kier alpha value is -0.0300. The Bertz CT molecular complexity index is 194. The van der Waals surface area contributed by atoms with Gasteiger partial charge in [0, 0.05) is 12.1 Å². The molecule has 17 heavy (non-hydrogen) atoms. The topological polar surface area (TPSA) is 75.3 Å². The number of hydrogen-bond donors (Lipinski definition) is 3. The minimum absolute atomic E-state index is 0. The van der Waals surface area contributed by atoms with Crippen molar-refractivity contribution in [2.24, 2.45) is 5.73 Å². The Labute approximate surface area is 117 Å². The summed E-state index contributed by atoms with van der Waals surface area (Å²) < 4.78 is 0. The van der Waals surface area contributed by atoms with Crippen LogP contribution in [0.2, 0.25) is 0 Å². The highest BCUT2D eigenvalue weighted by Crippen LogP contribution is 2.01. The molecule has 0 aliphatic rings. The van der Waals surface area contributed by atoms with Crippen molar-refractivity contribution in [3.63, 3.8) is 0 Å². The van der Waals surface area contributed by atoms with Crippen LogP contribution in [0.25, 0.3) is 0 Å². The fraction of sp³-hybridized carbons (Fsp3) is 0.909. The molecule has 0 aliphatic heterocycles. The number of nitrogens with two attached hydrogens (primary N) is 1. The van der Waals surface area contributed by atoms with Crippen LogP contribution in [0.5, 0.6) is 0 Å². The van der Waals surface area contributed by atoms with Crippen LogP contribution in [0.4, 0.5) is 0 Å². The number of carbonyl (C=O) groups is 1. The lowest BCUT2D eigenvalue weighted by molar-refractivity contribution is -0.131. The number of aliphatic hydroxyl groups excluding tert-OH is 1. The summed E-state index contributed by atoms with van der Waals surface area (Å²) in [5.74, 6) is -0.350. The second kappa shape index (κ2) is 12.4. The molecular weight excluding hydrogens is 263 g/mol. The van der Waals surface area contributed by atoms with E-state index in [-0.39, 0.29) is 36.8 Å². The minimum atomic E-state index is -1.08. The highest BCUT2D eigenvalue weighted by atomic mass is 35.5. The molecule has 0 spiro atoms. The van der Waals surface area contributed by atoms with Gasteiger partial charge in [-0.15, -0.1) is 24.8 Å². The van der Waals surface area contributed by atoms with Gasteiger partial charge in [-0.3, -0.25) is 4.79 Å². The van der Waals surface area contributed by atoms with Crippen molar-refractivity contribution in [3.8, 4) is 0 Å². The van der Waals surface area contributed by atoms with E-state index >= 15 is 0 Å². The van der Waals surface area contributed by atoms with E-state index in [1.54, 1.807) is 0 Å². The Balaban J connectivity index is -0.000000980. The number of hydrogen-bond acceptors (Lipinski definition) is 3. The lowest BCUT2D eigenvalue weighted by atomic mass is 10.1. The Morgan fingerprint density at radius 2 is 1.71 bits per heavy atom. The van der Waals surface area contributed by atoms with Gasteiger partial charge in [0.05, 0.1) is 0 Å². The molecule has 0 aromatic heterocycles. The molecule has 0 rings (SSSR count). The van der Waals surface area contributed by atoms with Gasteiger partial charge in [0.1, 0.15) is 6.10 Å². The summed E-state index contributed by atoms with van der Waals surface area (Å²) in [4.78, 5) is 11.5. The fourth-order valence-corrected chi connectivity index (χ4v) is 1.52. The number of aliphatic hydroxyl groups is 1. The van der Waals surface area contributed by atoms with Crippen LogP contribution >= 0.6 is 24.8 Å². The van der Waals surface area contributed by atoms with Gasteiger partial charge >= 0.3 is 0 Å². The monoisotopic (exact) mass is 288 g/mol. The quantitative estimate of drug-likeness (QED) is 0.666. The first-order valence-corrected chi connectivity index (χ1v) is 5.76. The molecule has 0 aromatic rings. The van der Waals surface area contributed by atoms with Gasteiger partial charge < -0.3 is 16.2 Å². The third-order valence-corrected chi connectivity index (χ3v) is 2.41. The van der Waals surface area contributed by atoms with Crippen molar-refractivity contribution in [1.82, 2.24) is 5.32 Å². The van der Waals surface area contributed by atoms with Crippen LogP contribution in [0, 0.1) is 0 Å². The van der Waals surface area contributed by atoms with Crippen LogP contribution in [0.15, 0.2) is 0 Å². The highest BCUT2D eigenvalue weighted by Gasteiger charge is 2.22. The molecule has 4 N–H and O–H groups in total. The summed E-state index contributed by atoms with van der Waals surface area (Å²) in [6.45, 7) is 5.96. The SMILES string of the molecule is CCCC(C)NC(=O)[C@@H](O)[C@@H](N)CCC.Cl.Cl. The van der Waals surface area contributed by atoms with E-state index in [4.69, 9.17) is 5.73 Å². The van der Waals surface area contributed by atoms with Gasteiger partial charge in [-0.1, -0.05) is 26.7 Å².